The largest absolute Gasteiger partial charge is 0.478 e. The van der Waals surface area contributed by atoms with Crippen LogP contribution in [-0.4, -0.2) is 20.6 Å². The fourth-order valence-corrected chi connectivity index (χ4v) is 2.80. The van der Waals surface area contributed by atoms with Crippen LogP contribution in [0.5, 0.6) is 0 Å². The van der Waals surface area contributed by atoms with Gasteiger partial charge in [-0.2, -0.15) is 0 Å². The van der Waals surface area contributed by atoms with E-state index >= 15 is 0 Å². The standard InChI is InChI=1S/C17H24N2O2/c1-5-15-18-14-8-6-7-13(17(20)21)16(14)19(15)12(4)10-9-11(2)3/h6-8,11-12H,5,9-10H2,1-4H3,(H,20,21). The maximum atomic E-state index is 11.5. The summed E-state index contributed by atoms with van der Waals surface area (Å²) in [6.07, 6.45) is 2.96. The van der Waals surface area contributed by atoms with Crippen LogP contribution < -0.4 is 0 Å². The van der Waals surface area contributed by atoms with Crippen molar-refractivity contribution in [3.05, 3.63) is 29.6 Å². The number of rotatable bonds is 6. The summed E-state index contributed by atoms with van der Waals surface area (Å²) in [6.45, 7) is 8.64. The summed E-state index contributed by atoms with van der Waals surface area (Å²) in [7, 11) is 0. The molecule has 0 spiro atoms. The van der Waals surface area contributed by atoms with E-state index in [1.165, 1.54) is 0 Å². The Morgan fingerprint density at radius 3 is 2.57 bits per heavy atom. The van der Waals surface area contributed by atoms with Crippen LogP contribution in [0.2, 0.25) is 0 Å². The van der Waals surface area contributed by atoms with Gasteiger partial charge >= 0.3 is 5.97 Å². The fourth-order valence-electron chi connectivity index (χ4n) is 2.80. The minimum Gasteiger partial charge on any atom is -0.478 e. The highest BCUT2D eigenvalue weighted by molar-refractivity contribution is 6.01. The molecule has 4 nitrogen and oxygen atoms in total. The average Bonchev–Trinajstić information content (AvgIpc) is 2.82. The van der Waals surface area contributed by atoms with Gasteiger partial charge < -0.3 is 9.67 Å². The average molecular weight is 288 g/mol. The van der Waals surface area contributed by atoms with E-state index in [1.807, 2.05) is 6.07 Å². The van der Waals surface area contributed by atoms with Gasteiger partial charge in [-0.3, -0.25) is 0 Å². The lowest BCUT2D eigenvalue weighted by Crippen LogP contribution is -2.12. The molecule has 0 fully saturated rings. The molecular weight excluding hydrogens is 264 g/mol. The number of benzene rings is 1. The van der Waals surface area contributed by atoms with Crippen molar-refractivity contribution in [2.24, 2.45) is 5.92 Å². The van der Waals surface area contributed by atoms with E-state index in [1.54, 1.807) is 12.1 Å². The molecule has 1 aromatic heterocycles. The molecule has 4 heteroatoms. The number of imidazole rings is 1. The van der Waals surface area contributed by atoms with Crippen molar-refractivity contribution in [2.45, 2.75) is 53.0 Å². The van der Waals surface area contributed by atoms with Gasteiger partial charge in [0.25, 0.3) is 0 Å². The topological polar surface area (TPSA) is 55.1 Å². The first-order chi connectivity index (χ1) is 9.95. The number of para-hydroxylation sites is 1. The number of aromatic carboxylic acids is 1. The second-order valence-corrected chi connectivity index (χ2v) is 6.05. The maximum absolute atomic E-state index is 11.5. The molecule has 0 aliphatic rings. The number of aryl methyl sites for hydroxylation is 1. The van der Waals surface area contributed by atoms with Gasteiger partial charge in [0.15, 0.2) is 0 Å². The summed E-state index contributed by atoms with van der Waals surface area (Å²) in [4.78, 5) is 16.1. The molecule has 1 unspecified atom stereocenters. The van der Waals surface area contributed by atoms with Crippen LogP contribution in [0.4, 0.5) is 0 Å². The molecule has 1 aromatic carbocycles. The summed E-state index contributed by atoms with van der Waals surface area (Å²) in [6, 6.07) is 5.58. The zero-order chi connectivity index (χ0) is 15.6. The van der Waals surface area contributed by atoms with Crippen molar-refractivity contribution in [1.82, 2.24) is 9.55 Å². The highest BCUT2D eigenvalue weighted by atomic mass is 16.4. The molecule has 2 rings (SSSR count). The smallest absolute Gasteiger partial charge is 0.337 e. The maximum Gasteiger partial charge on any atom is 0.337 e. The molecule has 0 saturated carbocycles. The number of hydrogen-bond donors (Lipinski definition) is 1. The van der Waals surface area contributed by atoms with Crippen molar-refractivity contribution in [1.29, 1.82) is 0 Å². The van der Waals surface area contributed by atoms with Crippen LogP contribution in [0.15, 0.2) is 18.2 Å². The van der Waals surface area contributed by atoms with Crippen LogP contribution in [0.25, 0.3) is 11.0 Å². The van der Waals surface area contributed by atoms with Crippen LogP contribution in [-0.2, 0) is 6.42 Å². The SMILES string of the molecule is CCc1nc2cccc(C(=O)O)c2n1C(C)CCC(C)C. The molecule has 1 atom stereocenters. The second kappa shape index (κ2) is 6.29. The van der Waals surface area contributed by atoms with Gasteiger partial charge in [0.2, 0.25) is 0 Å². The summed E-state index contributed by atoms with van der Waals surface area (Å²) in [5.74, 6) is 0.724. The summed E-state index contributed by atoms with van der Waals surface area (Å²) in [5, 5.41) is 9.45. The normalized spacial score (nSPS) is 13.0. The highest BCUT2D eigenvalue weighted by Crippen LogP contribution is 2.28. The lowest BCUT2D eigenvalue weighted by molar-refractivity contribution is 0.0698. The fraction of sp³-hybridized carbons (Fsp3) is 0.529. The van der Waals surface area contributed by atoms with Gasteiger partial charge in [-0.05, 0) is 37.8 Å². The first-order valence-corrected chi connectivity index (χ1v) is 7.68. The van der Waals surface area contributed by atoms with E-state index < -0.39 is 5.97 Å². The predicted octanol–water partition coefficient (Wildman–Crippen LogP) is 4.29. The number of aromatic nitrogens is 2. The molecule has 1 N–H and O–H groups in total. The van der Waals surface area contributed by atoms with Gasteiger partial charge in [-0.1, -0.05) is 26.8 Å². The third-order valence-electron chi connectivity index (χ3n) is 3.93. The molecule has 0 amide bonds. The minimum absolute atomic E-state index is 0.257. The molecular formula is C17H24N2O2. The van der Waals surface area contributed by atoms with E-state index in [-0.39, 0.29) is 6.04 Å². The third kappa shape index (κ3) is 3.09. The number of hydrogen-bond acceptors (Lipinski definition) is 2. The van der Waals surface area contributed by atoms with Crippen LogP contribution >= 0.6 is 0 Å². The van der Waals surface area contributed by atoms with Crippen LogP contribution in [0.1, 0.15) is 62.8 Å². The van der Waals surface area contributed by atoms with Gasteiger partial charge in [0, 0.05) is 12.5 Å². The van der Waals surface area contributed by atoms with Crippen molar-refractivity contribution >= 4 is 17.0 Å². The van der Waals surface area contributed by atoms with Gasteiger partial charge in [-0.25, -0.2) is 9.78 Å². The Morgan fingerprint density at radius 2 is 2.00 bits per heavy atom. The predicted molar refractivity (Wildman–Crippen MR) is 84.9 cm³/mol. The second-order valence-electron chi connectivity index (χ2n) is 6.05. The molecule has 21 heavy (non-hydrogen) atoms. The molecule has 1 heterocycles. The monoisotopic (exact) mass is 288 g/mol. The van der Waals surface area contributed by atoms with Crippen molar-refractivity contribution in [2.75, 3.05) is 0 Å². The Labute approximate surface area is 125 Å². The Bertz CT molecular complexity index is 644. The lowest BCUT2D eigenvalue weighted by atomic mass is 10.0. The molecule has 114 valence electrons. The molecule has 0 radical (unpaired) electrons. The van der Waals surface area contributed by atoms with E-state index in [9.17, 15) is 9.90 Å². The van der Waals surface area contributed by atoms with Gasteiger partial charge in [0.1, 0.15) is 5.82 Å². The van der Waals surface area contributed by atoms with E-state index in [0.29, 0.717) is 11.5 Å². The molecule has 0 saturated heterocycles. The minimum atomic E-state index is -0.888. The van der Waals surface area contributed by atoms with Crippen molar-refractivity contribution in [3.8, 4) is 0 Å². The Balaban J connectivity index is 2.56. The first kappa shape index (κ1) is 15.5. The van der Waals surface area contributed by atoms with Gasteiger partial charge in [0.05, 0.1) is 16.6 Å². The van der Waals surface area contributed by atoms with Crippen LogP contribution in [0.3, 0.4) is 0 Å². The number of carboxylic acids is 1. The highest BCUT2D eigenvalue weighted by Gasteiger charge is 2.20. The summed E-state index contributed by atoms with van der Waals surface area (Å²) in [5.41, 5.74) is 1.89. The third-order valence-corrected chi connectivity index (χ3v) is 3.93. The van der Waals surface area contributed by atoms with Gasteiger partial charge in [-0.15, -0.1) is 0 Å². The molecule has 0 aliphatic carbocycles. The van der Waals surface area contributed by atoms with E-state index in [0.717, 1.165) is 36.1 Å². The Hall–Kier alpha value is -1.84. The van der Waals surface area contributed by atoms with E-state index in [2.05, 4.69) is 37.2 Å². The Kier molecular flexibility index (Phi) is 4.66. The quantitative estimate of drug-likeness (QED) is 0.862. The zero-order valence-electron chi connectivity index (χ0n) is 13.3. The summed E-state index contributed by atoms with van der Waals surface area (Å²) < 4.78 is 2.13. The van der Waals surface area contributed by atoms with Crippen LogP contribution in [0, 0.1) is 5.92 Å². The molecule has 0 aliphatic heterocycles. The summed E-state index contributed by atoms with van der Waals surface area (Å²) >= 11 is 0. The number of nitrogens with zero attached hydrogens (tertiary/aromatic N) is 2. The van der Waals surface area contributed by atoms with Crippen molar-refractivity contribution in [3.63, 3.8) is 0 Å². The Morgan fingerprint density at radius 1 is 1.29 bits per heavy atom. The van der Waals surface area contributed by atoms with E-state index in [4.69, 9.17) is 0 Å². The lowest BCUT2D eigenvalue weighted by Gasteiger charge is -2.19. The molecule has 2 aromatic rings. The number of carboxylic acid groups (broad SMARTS) is 1. The van der Waals surface area contributed by atoms with Crippen molar-refractivity contribution < 1.29 is 9.90 Å². The molecule has 0 bridgehead atoms. The zero-order valence-corrected chi connectivity index (χ0v) is 13.3. The first-order valence-electron chi connectivity index (χ1n) is 7.68. The number of carbonyl (C=O) groups is 1. The number of fused-ring (bicyclic) bond motifs is 1.